The Hall–Kier alpha value is -1.46. The number of nitrogens with zero attached hydrogens (tertiary/aromatic N) is 1. The summed E-state index contributed by atoms with van der Waals surface area (Å²) in [6.07, 6.45) is 0.221. The van der Waals surface area contributed by atoms with Gasteiger partial charge < -0.3 is 19.3 Å². The van der Waals surface area contributed by atoms with E-state index in [1.807, 2.05) is 18.0 Å². The minimum Gasteiger partial charge on any atom is -0.492 e. The van der Waals surface area contributed by atoms with Gasteiger partial charge in [0.15, 0.2) is 11.5 Å². The number of hydrogen-bond donors (Lipinski definition) is 1. The van der Waals surface area contributed by atoms with Gasteiger partial charge in [0.25, 0.3) is 0 Å². The van der Waals surface area contributed by atoms with Crippen molar-refractivity contribution in [3.8, 4) is 17.2 Å². The van der Waals surface area contributed by atoms with E-state index in [1.165, 1.54) is 0 Å². The topological polar surface area (TPSA) is 51.2 Å². The lowest BCUT2D eigenvalue weighted by Crippen LogP contribution is -2.32. The molecule has 0 amide bonds. The number of benzene rings is 1. The molecule has 5 nitrogen and oxygen atoms in total. The molecule has 2 aliphatic heterocycles. The Balaban J connectivity index is 2.20. The predicted molar refractivity (Wildman–Crippen MR) is 60.4 cm³/mol. The first-order chi connectivity index (χ1) is 8.22. The van der Waals surface area contributed by atoms with Crippen molar-refractivity contribution in [2.75, 3.05) is 27.5 Å². The molecule has 1 atom stereocenters. The molecule has 0 bridgehead atoms. The highest BCUT2D eigenvalue weighted by Crippen LogP contribution is 2.48. The van der Waals surface area contributed by atoms with Crippen LogP contribution in [0, 0.1) is 0 Å². The van der Waals surface area contributed by atoms with Crippen molar-refractivity contribution in [2.45, 2.75) is 12.6 Å². The van der Waals surface area contributed by atoms with Crippen LogP contribution in [0.15, 0.2) is 6.07 Å². The van der Waals surface area contributed by atoms with Gasteiger partial charge in [0.05, 0.1) is 7.11 Å². The maximum Gasteiger partial charge on any atom is 0.231 e. The summed E-state index contributed by atoms with van der Waals surface area (Å²) in [5.74, 6) is 1.90. The molecule has 17 heavy (non-hydrogen) atoms. The molecular formula is C12H15NO4. The molecule has 2 heterocycles. The SMILES string of the molecule is COc1c2c(cc3c1C(O)N(C)CC3)OCO2. The van der Waals surface area contributed by atoms with Gasteiger partial charge >= 0.3 is 0 Å². The van der Waals surface area contributed by atoms with Crippen LogP contribution in [-0.2, 0) is 6.42 Å². The van der Waals surface area contributed by atoms with Gasteiger partial charge in [0.2, 0.25) is 12.5 Å². The van der Waals surface area contributed by atoms with E-state index < -0.39 is 6.23 Å². The predicted octanol–water partition coefficient (Wildman–Crippen LogP) is 0.903. The Morgan fingerprint density at radius 3 is 3.06 bits per heavy atom. The van der Waals surface area contributed by atoms with E-state index >= 15 is 0 Å². The third kappa shape index (κ3) is 1.46. The van der Waals surface area contributed by atoms with E-state index in [0.29, 0.717) is 17.2 Å². The van der Waals surface area contributed by atoms with Gasteiger partial charge in [-0.3, -0.25) is 4.90 Å². The van der Waals surface area contributed by atoms with Gasteiger partial charge in [-0.2, -0.15) is 0 Å². The highest BCUT2D eigenvalue weighted by atomic mass is 16.7. The summed E-state index contributed by atoms with van der Waals surface area (Å²) in [6.45, 7) is 1.03. The number of methoxy groups -OCH3 is 1. The van der Waals surface area contributed by atoms with Crippen LogP contribution in [0.3, 0.4) is 0 Å². The lowest BCUT2D eigenvalue weighted by atomic mass is 9.96. The Labute approximate surface area is 99.5 Å². The van der Waals surface area contributed by atoms with Crippen molar-refractivity contribution >= 4 is 0 Å². The lowest BCUT2D eigenvalue weighted by molar-refractivity contribution is 0.0106. The zero-order chi connectivity index (χ0) is 12.0. The number of hydrogen-bond acceptors (Lipinski definition) is 5. The highest BCUT2D eigenvalue weighted by Gasteiger charge is 2.32. The van der Waals surface area contributed by atoms with Gasteiger partial charge in [0, 0.05) is 12.1 Å². The van der Waals surface area contributed by atoms with Crippen LogP contribution in [0.25, 0.3) is 0 Å². The van der Waals surface area contributed by atoms with Gasteiger partial charge in [-0.25, -0.2) is 0 Å². The molecule has 0 saturated carbocycles. The third-order valence-corrected chi connectivity index (χ3v) is 3.36. The zero-order valence-corrected chi connectivity index (χ0v) is 9.90. The van der Waals surface area contributed by atoms with E-state index in [-0.39, 0.29) is 6.79 Å². The number of ether oxygens (including phenoxy) is 3. The molecular weight excluding hydrogens is 222 g/mol. The van der Waals surface area contributed by atoms with Crippen molar-refractivity contribution in [2.24, 2.45) is 0 Å². The van der Waals surface area contributed by atoms with Crippen molar-refractivity contribution in [1.29, 1.82) is 0 Å². The third-order valence-electron chi connectivity index (χ3n) is 3.36. The van der Waals surface area contributed by atoms with E-state index in [9.17, 15) is 5.11 Å². The Kier molecular flexibility index (Phi) is 2.38. The summed E-state index contributed by atoms with van der Waals surface area (Å²) in [7, 11) is 3.47. The number of aliphatic hydroxyl groups excluding tert-OH is 1. The average Bonchev–Trinajstić information content (AvgIpc) is 2.79. The van der Waals surface area contributed by atoms with Crippen LogP contribution in [-0.4, -0.2) is 37.5 Å². The largest absolute Gasteiger partial charge is 0.492 e. The second-order valence-electron chi connectivity index (χ2n) is 4.32. The maximum atomic E-state index is 10.2. The number of rotatable bonds is 1. The minimum absolute atomic E-state index is 0.209. The minimum atomic E-state index is -0.650. The summed E-state index contributed by atoms with van der Waals surface area (Å²) in [4.78, 5) is 1.88. The second-order valence-corrected chi connectivity index (χ2v) is 4.32. The summed E-state index contributed by atoms with van der Waals surface area (Å²) >= 11 is 0. The van der Waals surface area contributed by atoms with Crippen molar-refractivity contribution in [1.82, 2.24) is 4.90 Å². The van der Waals surface area contributed by atoms with Gasteiger partial charge in [-0.15, -0.1) is 0 Å². The molecule has 0 aromatic heterocycles. The van der Waals surface area contributed by atoms with Crippen molar-refractivity contribution < 1.29 is 19.3 Å². The summed E-state index contributed by atoms with van der Waals surface area (Å²) in [6, 6.07) is 1.94. The quantitative estimate of drug-likeness (QED) is 0.786. The summed E-state index contributed by atoms with van der Waals surface area (Å²) in [5, 5.41) is 10.2. The first kappa shape index (κ1) is 10.7. The number of fused-ring (bicyclic) bond motifs is 2. The Morgan fingerprint density at radius 2 is 2.29 bits per heavy atom. The molecule has 0 radical (unpaired) electrons. The van der Waals surface area contributed by atoms with Crippen LogP contribution < -0.4 is 14.2 Å². The first-order valence-corrected chi connectivity index (χ1v) is 5.60. The molecule has 1 unspecified atom stereocenters. The average molecular weight is 237 g/mol. The molecule has 0 spiro atoms. The van der Waals surface area contributed by atoms with Crippen LogP contribution in [0.2, 0.25) is 0 Å². The number of likely N-dealkylation sites (N-methyl/N-ethyl adjacent to an activating group) is 1. The number of aliphatic hydroxyl groups is 1. The van der Waals surface area contributed by atoms with Crippen LogP contribution in [0.5, 0.6) is 17.2 Å². The summed E-state index contributed by atoms with van der Waals surface area (Å²) in [5.41, 5.74) is 1.86. The molecule has 3 rings (SSSR count). The molecule has 0 fully saturated rings. The highest BCUT2D eigenvalue weighted by molar-refractivity contribution is 5.61. The van der Waals surface area contributed by atoms with Gasteiger partial charge in [-0.05, 0) is 25.1 Å². The van der Waals surface area contributed by atoms with Crippen LogP contribution in [0.4, 0.5) is 0 Å². The fourth-order valence-electron chi connectivity index (χ4n) is 2.41. The Morgan fingerprint density at radius 1 is 1.47 bits per heavy atom. The van der Waals surface area contributed by atoms with Gasteiger partial charge in [0.1, 0.15) is 6.23 Å². The Bertz CT molecular complexity index is 460. The van der Waals surface area contributed by atoms with E-state index in [2.05, 4.69) is 0 Å². The zero-order valence-electron chi connectivity index (χ0n) is 9.90. The monoisotopic (exact) mass is 237 g/mol. The lowest BCUT2D eigenvalue weighted by Gasteiger charge is -2.32. The molecule has 92 valence electrons. The first-order valence-electron chi connectivity index (χ1n) is 5.60. The van der Waals surface area contributed by atoms with E-state index in [1.54, 1.807) is 7.11 Å². The van der Waals surface area contributed by atoms with Crippen molar-refractivity contribution in [3.05, 3.63) is 17.2 Å². The fraction of sp³-hybridized carbons (Fsp3) is 0.500. The molecule has 1 N–H and O–H groups in total. The smallest absolute Gasteiger partial charge is 0.231 e. The normalized spacial score (nSPS) is 22.4. The second kappa shape index (κ2) is 3.78. The van der Waals surface area contributed by atoms with E-state index in [4.69, 9.17) is 14.2 Å². The summed E-state index contributed by atoms with van der Waals surface area (Å²) < 4.78 is 16.1. The molecule has 5 heteroatoms. The molecule has 1 aromatic carbocycles. The van der Waals surface area contributed by atoms with Crippen molar-refractivity contribution in [3.63, 3.8) is 0 Å². The maximum absolute atomic E-state index is 10.2. The van der Waals surface area contributed by atoms with Gasteiger partial charge in [-0.1, -0.05) is 0 Å². The van der Waals surface area contributed by atoms with Crippen LogP contribution >= 0.6 is 0 Å². The van der Waals surface area contributed by atoms with Crippen LogP contribution in [0.1, 0.15) is 17.4 Å². The molecule has 0 aliphatic carbocycles. The van der Waals surface area contributed by atoms with E-state index in [0.717, 1.165) is 24.1 Å². The molecule has 2 aliphatic rings. The molecule has 0 saturated heterocycles. The standard InChI is InChI=1S/C12H15NO4/c1-13-4-3-7-5-8-10(17-6-16-8)11(15-2)9(7)12(13)14/h5,12,14H,3-4,6H2,1-2H3. The fourth-order valence-corrected chi connectivity index (χ4v) is 2.41. The molecule has 1 aromatic rings.